The molecule has 0 amide bonds. The predicted molar refractivity (Wildman–Crippen MR) is 61.6 cm³/mol. The molecule has 2 aromatic rings. The normalized spacial score (nSPS) is 15.2. The molecule has 0 saturated heterocycles. The molecule has 0 spiro atoms. The maximum Gasteiger partial charge on any atom is 0.132 e. The van der Waals surface area contributed by atoms with E-state index < -0.39 is 0 Å². The zero-order chi connectivity index (χ0) is 11.8. The SMILES string of the molecule is NCc1nnn(C2CC2)c1-c1ccccc1F. The molecule has 0 unspecified atom stereocenters. The van der Waals surface area contributed by atoms with E-state index in [1.54, 1.807) is 16.8 Å². The minimum Gasteiger partial charge on any atom is -0.325 e. The standard InChI is InChI=1S/C12H13FN4/c13-10-4-2-1-3-9(10)12-11(7-14)15-16-17(12)8-5-6-8/h1-4,8H,5-7,14H2. The summed E-state index contributed by atoms with van der Waals surface area (Å²) in [6.07, 6.45) is 2.16. The molecule has 0 radical (unpaired) electrons. The summed E-state index contributed by atoms with van der Waals surface area (Å²) in [6.45, 7) is 0.274. The van der Waals surface area contributed by atoms with Crippen LogP contribution in [0.5, 0.6) is 0 Å². The topological polar surface area (TPSA) is 56.7 Å². The molecule has 1 fully saturated rings. The Labute approximate surface area is 98.2 Å². The first-order chi connectivity index (χ1) is 8.31. The van der Waals surface area contributed by atoms with Crippen molar-refractivity contribution in [3.05, 3.63) is 35.8 Å². The Morgan fingerprint density at radius 2 is 2.12 bits per heavy atom. The fourth-order valence-electron chi connectivity index (χ4n) is 1.97. The Bertz CT molecular complexity index is 545. The van der Waals surface area contributed by atoms with Crippen molar-refractivity contribution in [3.63, 3.8) is 0 Å². The Balaban J connectivity index is 2.18. The van der Waals surface area contributed by atoms with Crippen molar-refractivity contribution in [1.82, 2.24) is 15.0 Å². The summed E-state index contributed by atoms with van der Waals surface area (Å²) >= 11 is 0. The van der Waals surface area contributed by atoms with E-state index in [-0.39, 0.29) is 12.4 Å². The second kappa shape index (κ2) is 3.92. The number of hydrogen-bond acceptors (Lipinski definition) is 3. The molecule has 4 nitrogen and oxygen atoms in total. The van der Waals surface area contributed by atoms with Gasteiger partial charge in [0.2, 0.25) is 0 Å². The zero-order valence-electron chi connectivity index (χ0n) is 9.31. The maximum atomic E-state index is 13.8. The third kappa shape index (κ3) is 1.72. The smallest absolute Gasteiger partial charge is 0.132 e. The lowest BCUT2D eigenvalue weighted by molar-refractivity contribution is 0.603. The summed E-state index contributed by atoms with van der Waals surface area (Å²) in [5, 5.41) is 8.12. The van der Waals surface area contributed by atoms with Gasteiger partial charge in [0.1, 0.15) is 11.5 Å². The van der Waals surface area contributed by atoms with Crippen LogP contribution in [-0.4, -0.2) is 15.0 Å². The number of halogens is 1. The lowest BCUT2D eigenvalue weighted by Crippen LogP contribution is -2.03. The van der Waals surface area contributed by atoms with Gasteiger partial charge in [-0.3, -0.25) is 0 Å². The van der Waals surface area contributed by atoms with Crippen LogP contribution in [0.2, 0.25) is 0 Å². The average Bonchev–Trinajstić information content (AvgIpc) is 3.10. The molecular formula is C12H13FN4. The highest BCUT2D eigenvalue weighted by Crippen LogP contribution is 2.38. The van der Waals surface area contributed by atoms with Crippen molar-refractivity contribution >= 4 is 0 Å². The first-order valence-electron chi connectivity index (χ1n) is 5.70. The molecule has 2 N–H and O–H groups in total. The van der Waals surface area contributed by atoms with Crippen LogP contribution in [0.1, 0.15) is 24.6 Å². The molecule has 1 aromatic carbocycles. The van der Waals surface area contributed by atoms with Crippen LogP contribution in [-0.2, 0) is 6.54 Å². The van der Waals surface area contributed by atoms with Gasteiger partial charge in [-0.15, -0.1) is 5.10 Å². The highest BCUT2D eigenvalue weighted by molar-refractivity contribution is 5.62. The summed E-state index contributed by atoms with van der Waals surface area (Å²) in [5.41, 5.74) is 7.55. The van der Waals surface area contributed by atoms with Gasteiger partial charge in [-0.25, -0.2) is 9.07 Å². The number of rotatable bonds is 3. The van der Waals surface area contributed by atoms with Crippen molar-refractivity contribution < 1.29 is 4.39 Å². The predicted octanol–water partition coefficient (Wildman–Crippen LogP) is 1.88. The second-order valence-electron chi connectivity index (χ2n) is 4.24. The molecule has 5 heteroatoms. The minimum atomic E-state index is -0.258. The monoisotopic (exact) mass is 232 g/mol. The Kier molecular flexibility index (Phi) is 2.40. The van der Waals surface area contributed by atoms with E-state index in [0.717, 1.165) is 18.5 Å². The van der Waals surface area contributed by atoms with Gasteiger partial charge in [-0.1, -0.05) is 17.3 Å². The first-order valence-corrected chi connectivity index (χ1v) is 5.70. The number of benzene rings is 1. The molecule has 17 heavy (non-hydrogen) atoms. The molecule has 0 aliphatic heterocycles. The fraction of sp³-hybridized carbons (Fsp3) is 0.333. The van der Waals surface area contributed by atoms with Gasteiger partial charge in [-0.2, -0.15) is 0 Å². The molecular weight excluding hydrogens is 219 g/mol. The molecule has 3 rings (SSSR count). The van der Waals surface area contributed by atoms with Gasteiger partial charge in [-0.05, 0) is 25.0 Å². The molecule has 1 aliphatic carbocycles. The van der Waals surface area contributed by atoms with Crippen LogP contribution < -0.4 is 5.73 Å². The van der Waals surface area contributed by atoms with E-state index in [9.17, 15) is 4.39 Å². The molecule has 1 heterocycles. The summed E-state index contributed by atoms with van der Waals surface area (Å²) in [6, 6.07) is 7.03. The molecule has 1 saturated carbocycles. The Morgan fingerprint density at radius 3 is 2.76 bits per heavy atom. The van der Waals surface area contributed by atoms with E-state index in [4.69, 9.17) is 5.73 Å². The van der Waals surface area contributed by atoms with Crippen molar-refractivity contribution in [2.75, 3.05) is 0 Å². The third-order valence-electron chi connectivity index (χ3n) is 2.98. The van der Waals surface area contributed by atoms with Crippen LogP contribution >= 0.6 is 0 Å². The highest BCUT2D eigenvalue weighted by Gasteiger charge is 2.29. The van der Waals surface area contributed by atoms with Crippen LogP contribution in [0.4, 0.5) is 4.39 Å². The summed E-state index contributed by atoms with van der Waals surface area (Å²) in [7, 11) is 0. The van der Waals surface area contributed by atoms with Crippen LogP contribution in [0.3, 0.4) is 0 Å². The number of nitrogens with zero attached hydrogens (tertiary/aromatic N) is 3. The summed E-state index contributed by atoms with van der Waals surface area (Å²) in [5.74, 6) is -0.258. The first kappa shape index (κ1) is 10.4. The number of aromatic nitrogens is 3. The van der Waals surface area contributed by atoms with Crippen molar-refractivity contribution in [2.24, 2.45) is 5.73 Å². The van der Waals surface area contributed by atoms with Crippen LogP contribution in [0, 0.1) is 5.82 Å². The molecule has 1 aromatic heterocycles. The number of hydrogen-bond donors (Lipinski definition) is 1. The molecule has 88 valence electrons. The van der Waals surface area contributed by atoms with Crippen LogP contribution in [0.15, 0.2) is 24.3 Å². The van der Waals surface area contributed by atoms with E-state index in [2.05, 4.69) is 10.3 Å². The van der Waals surface area contributed by atoms with Crippen molar-refractivity contribution in [1.29, 1.82) is 0 Å². The van der Waals surface area contributed by atoms with E-state index in [1.165, 1.54) is 6.07 Å². The third-order valence-corrected chi connectivity index (χ3v) is 2.98. The lowest BCUT2D eigenvalue weighted by atomic mass is 10.1. The van der Waals surface area contributed by atoms with Gasteiger partial charge in [0.25, 0.3) is 0 Å². The second-order valence-corrected chi connectivity index (χ2v) is 4.24. The summed E-state index contributed by atoms with van der Waals surface area (Å²) < 4.78 is 15.6. The zero-order valence-corrected chi connectivity index (χ0v) is 9.31. The van der Waals surface area contributed by atoms with E-state index >= 15 is 0 Å². The molecule has 0 atom stereocenters. The average molecular weight is 232 g/mol. The van der Waals surface area contributed by atoms with E-state index in [0.29, 0.717) is 17.3 Å². The molecule has 0 bridgehead atoms. The van der Waals surface area contributed by atoms with Gasteiger partial charge < -0.3 is 5.73 Å². The van der Waals surface area contributed by atoms with Gasteiger partial charge >= 0.3 is 0 Å². The van der Waals surface area contributed by atoms with Gasteiger partial charge in [0.15, 0.2) is 0 Å². The Morgan fingerprint density at radius 1 is 1.35 bits per heavy atom. The maximum absolute atomic E-state index is 13.8. The Hall–Kier alpha value is -1.75. The van der Waals surface area contributed by atoms with Gasteiger partial charge in [0.05, 0.1) is 11.7 Å². The fourth-order valence-corrected chi connectivity index (χ4v) is 1.97. The summed E-state index contributed by atoms with van der Waals surface area (Å²) in [4.78, 5) is 0. The quantitative estimate of drug-likeness (QED) is 0.879. The highest BCUT2D eigenvalue weighted by atomic mass is 19.1. The van der Waals surface area contributed by atoms with Crippen LogP contribution in [0.25, 0.3) is 11.3 Å². The van der Waals surface area contributed by atoms with Gasteiger partial charge in [0, 0.05) is 12.1 Å². The largest absolute Gasteiger partial charge is 0.325 e. The van der Waals surface area contributed by atoms with Crippen molar-refractivity contribution in [3.8, 4) is 11.3 Å². The van der Waals surface area contributed by atoms with E-state index in [1.807, 2.05) is 6.07 Å². The van der Waals surface area contributed by atoms with Crippen molar-refractivity contribution in [2.45, 2.75) is 25.4 Å². The number of nitrogens with two attached hydrogens (primary N) is 1. The minimum absolute atomic E-state index is 0.258. The lowest BCUT2D eigenvalue weighted by Gasteiger charge is -2.07. The molecule has 1 aliphatic rings.